The van der Waals surface area contributed by atoms with Crippen LogP contribution in [0.1, 0.15) is 24.5 Å². The van der Waals surface area contributed by atoms with Crippen LogP contribution in [0.15, 0.2) is 42.5 Å². The standard InChI is InChI=1S/C23H29N7O6S/c1-37(35,36)26-19-12-16(4-7-20(19)31)21(32)13-24-17-8-10-29(11-9-17)18-5-2-15(3-6-18)23-25-27-28-30(23)14-22(33)34/h2-7,12,17,21,24,26,31-32H,8-11,13-14H2,1H3,(H,33,34)/t21-/m1/s1. The Morgan fingerprint density at radius 1 is 1.16 bits per heavy atom. The molecule has 1 fully saturated rings. The zero-order valence-electron chi connectivity index (χ0n) is 20.1. The van der Waals surface area contributed by atoms with Crippen LogP contribution >= 0.6 is 0 Å². The van der Waals surface area contributed by atoms with Gasteiger partial charge in [0.05, 0.1) is 18.0 Å². The first-order valence-electron chi connectivity index (χ1n) is 11.6. The fourth-order valence-corrected chi connectivity index (χ4v) is 4.81. The van der Waals surface area contributed by atoms with Crippen molar-refractivity contribution in [2.45, 2.75) is 31.5 Å². The maximum Gasteiger partial charge on any atom is 0.325 e. The van der Waals surface area contributed by atoms with Crippen molar-refractivity contribution >= 4 is 27.4 Å². The van der Waals surface area contributed by atoms with Crippen molar-refractivity contribution in [2.75, 3.05) is 35.5 Å². The summed E-state index contributed by atoms with van der Waals surface area (Å²) < 4.78 is 26.5. The number of tetrazole rings is 1. The number of aliphatic hydroxyl groups is 1. The van der Waals surface area contributed by atoms with E-state index in [9.17, 15) is 23.4 Å². The quantitative estimate of drug-likeness (QED) is 0.233. The van der Waals surface area contributed by atoms with Crippen LogP contribution in [0.2, 0.25) is 0 Å². The highest BCUT2D eigenvalue weighted by Gasteiger charge is 2.21. The van der Waals surface area contributed by atoms with Gasteiger partial charge in [-0.1, -0.05) is 6.07 Å². The van der Waals surface area contributed by atoms with E-state index in [1.165, 1.54) is 16.8 Å². The van der Waals surface area contributed by atoms with Crippen molar-refractivity contribution in [3.8, 4) is 17.1 Å². The number of carbonyl (C=O) groups is 1. The number of aliphatic hydroxyl groups excluding tert-OH is 1. The second-order valence-electron chi connectivity index (χ2n) is 8.94. The molecule has 1 atom stereocenters. The Hall–Kier alpha value is -3.75. The summed E-state index contributed by atoms with van der Waals surface area (Å²) in [5, 5.41) is 44.1. The van der Waals surface area contributed by atoms with Crippen LogP contribution in [0.25, 0.3) is 11.4 Å². The highest BCUT2D eigenvalue weighted by atomic mass is 32.2. The van der Waals surface area contributed by atoms with Gasteiger partial charge in [-0.3, -0.25) is 9.52 Å². The molecule has 1 aromatic heterocycles. The van der Waals surface area contributed by atoms with E-state index in [-0.39, 0.29) is 30.6 Å². The van der Waals surface area contributed by atoms with Crippen LogP contribution in [-0.2, 0) is 21.4 Å². The first-order chi connectivity index (χ1) is 17.6. The van der Waals surface area contributed by atoms with Gasteiger partial charge in [0.15, 0.2) is 5.82 Å². The van der Waals surface area contributed by atoms with Crippen LogP contribution in [0.4, 0.5) is 11.4 Å². The molecule has 0 bridgehead atoms. The van der Waals surface area contributed by atoms with Gasteiger partial charge in [-0.25, -0.2) is 13.1 Å². The molecule has 0 unspecified atom stereocenters. The van der Waals surface area contributed by atoms with Crippen molar-refractivity contribution < 1.29 is 28.5 Å². The van der Waals surface area contributed by atoms with Gasteiger partial charge >= 0.3 is 5.97 Å². The summed E-state index contributed by atoms with van der Waals surface area (Å²) in [7, 11) is -3.56. The number of benzene rings is 2. The van der Waals surface area contributed by atoms with Crippen LogP contribution in [0.3, 0.4) is 0 Å². The molecule has 0 radical (unpaired) electrons. The molecule has 13 nitrogen and oxygen atoms in total. The average Bonchev–Trinajstić information content (AvgIpc) is 3.31. The molecule has 2 aromatic carbocycles. The van der Waals surface area contributed by atoms with Gasteiger partial charge in [-0.15, -0.1) is 5.10 Å². The Bertz CT molecular complexity index is 1340. The maximum absolute atomic E-state index is 11.5. The van der Waals surface area contributed by atoms with Gasteiger partial charge in [0.2, 0.25) is 10.0 Å². The molecule has 1 aliphatic heterocycles. The Morgan fingerprint density at radius 2 is 1.86 bits per heavy atom. The summed E-state index contributed by atoms with van der Waals surface area (Å²) in [6.07, 6.45) is 1.85. The first kappa shape index (κ1) is 26.3. The lowest BCUT2D eigenvalue weighted by molar-refractivity contribution is -0.137. The van der Waals surface area contributed by atoms with Crippen molar-refractivity contribution in [3.05, 3.63) is 48.0 Å². The fraction of sp³-hybridized carbons (Fsp3) is 0.391. The van der Waals surface area contributed by atoms with Gasteiger partial charge in [-0.05, 0) is 65.2 Å². The third-order valence-corrected chi connectivity index (χ3v) is 6.69. The molecule has 2 heterocycles. The smallest absolute Gasteiger partial charge is 0.325 e. The number of hydrogen-bond acceptors (Lipinski definition) is 10. The molecular formula is C23H29N7O6S. The molecule has 4 rings (SSSR count). The lowest BCUT2D eigenvalue weighted by atomic mass is 10.0. The molecule has 198 valence electrons. The summed E-state index contributed by atoms with van der Waals surface area (Å²) in [4.78, 5) is 13.2. The number of aliphatic carboxylic acids is 1. The summed E-state index contributed by atoms with van der Waals surface area (Å²) >= 11 is 0. The Kier molecular flexibility index (Phi) is 7.90. The molecule has 37 heavy (non-hydrogen) atoms. The first-order valence-corrected chi connectivity index (χ1v) is 13.5. The summed E-state index contributed by atoms with van der Waals surface area (Å²) in [6.45, 7) is 1.59. The van der Waals surface area contributed by atoms with Gasteiger partial charge in [0.25, 0.3) is 0 Å². The van der Waals surface area contributed by atoms with E-state index >= 15 is 0 Å². The lowest BCUT2D eigenvalue weighted by Crippen LogP contribution is -2.43. The molecule has 0 saturated carbocycles. The van der Waals surface area contributed by atoms with E-state index in [4.69, 9.17) is 5.11 Å². The number of sulfonamides is 1. The van der Waals surface area contributed by atoms with Crippen molar-refractivity contribution in [2.24, 2.45) is 0 Å². The number of aromatic nitrogens is 4. The number of phenols is 1. The van der Waals surface area contributed by atoms with Crippen LogP contribution in [0.5, 0.6) is 5.75 Å². The molecule has 0 aliphatic carbocycles. The van der Waals surface area contributed by atoms with E-state index in [1.807, 2.05) is 24.3 Å². The average molecular weight is 532 g/mol. The second kappa shape index (κ2) is 11.1. The number of carboxylic acids is 1. The molecule has 3 aromatic rings. The number of aromatic hydroxyl groups is 1. The van der Waals surface area contributed by atoms with Crippen molar-refractivity contribution in [1.82, 2.24) is 25.5 Å². The third kappa shape index (κ3) is 6.93. The molecule has 0 amide bonds. The number of carboxylic acid groups (broad SMARTS) is 1. The maximum atomic E-state index is 11.5. The summed E-state index contributed by atoms with van der Waals surface area (Å²) in [6, 6.07) is 12.2. The highest BCUT2D eigenvalue weighted by Crippen LogP contribution is 2.28. The molecule has 5 N–H and O–H groups in total. The SMILES string of the molecule is CS(=O)(=O)Nc1cc([C@H](O)CNC2CCN(c3ccc(-c4nnnn4CC(=O)O)cc3)CC2)ccc1O. The molecule has 0 spiro atoms. The predicted molar refractivity (Wildman–Crippen MR) is 136 cm³/mol. The number of nitrogens with one attached hydrogen (secondary N) is 2. The van der Waals surface area contributed by atoms with Gasteiger partial charge in [0.1, 0.15) is 12.3 Å². The minimum absolute atomic E-state index is 0.0248. The number of nitrogens with zero attached hydrogens (tertiary/aromatic N) is 5. The predicted octanol–water partition coefficient (Wildman–Crippen LogP) is 0.794. The normalized spacial score (nSPS) is 15.5. The summed E-state index contributed by atoms with van der Waals surface area (Å²) in [5.74, 6) is -0.845. The monoisotopic (exact) mass is 531 g/mol. The highest BCUT2D eigenvalue weighted by molar-refractivity contribution is 7.92. The number of anilines is 2. The second-order valence-corrected chi connectivity index (χ2v) is 10.7. The van der Waals surface area contributed by atoms with Crippen molar-refractivity contribution in [3.63, 3.8) is 0 Å². The zero-order chi connectivity index (χ0) is 26.6. The number of piperidine rings is 1. The molecule has 1 aliphatic rings. The Morgan fingerprint density at radius 3 is 2.51 bits per heavy atom. The van der Waals surface area contributed by atoms with E-state index in [1.54, 1.807) is 6.07 Å². The zero-order valence-corrected chi connectivity index (χ0v) is 21.0. The Labute approximate surface area is 213 Å². The Balaban J connectivity index is 1.29. The van der Waals surface area contributed by atoms with Crippen molar-refractivity contribution in [1.29, 1.82) is 0 Å². The van der Waals surface area contributed by atoms with Crippen LogP contribution < -0.4 is 14.9 Å². The number of phenolic OH excluding ortho intramolecular Hbond substituents is 1. The van der Waals surface area contributed by atoms with Crippen LogP contribution in [0, 0.1) is 0 Å². The summed E-state index contributed by atoms with van der Waals surface area (Å²) in [5.41, 5.74) is 2.28. The number of rotatable bonds is 10. The van der Waals surface area contributed by atoms with E-state index in [0.29, 0.717) is 11.4 Å². The largest absolute Gasteiger partial charge is 0.506 e. The minimum atomic E-state index is -3.56. The molecule has 1 saturated heterocycles. The van der Waals surface area contributed by atoms with E-state index in [2.05, 4.69) is 30.5 Å². The fourth-order valence-electron chi connectivity index (χ4n) is 4.25. The van der Waals surface area contributed by atoms with E-state index in [0.717, 1.165) is 43.4 Å². The topological polar surface area (TPSA) is 183 Å². The minimum Gasteiger partial charge on any atom is -0.506 e. The third-order valence-electron chi connectivity index (χ3n) is 6.10. The van der Waals surface area contributed by atoms with Crippen LogP contribution in [-0.4, -0.2) is 81.8 Å². The number of hydrogen-bond donors (Lipinski definition) is 5. The lowest BCUT2D eigenvalue weighted by Gasteiger charge is -2.34. The molecule has 14 heteroatoms. The van der Waals surface area contributed by atoms with E-state index < -0.39 is 22.1 Å². The van der Waals surface area contributed by atoms with Gasteiger partial charge in [-0.2, -0.15) is 0 Å². The molecular weight excluding hydrogens is 502 g/mol. The van der Waals surface area contributed by atoms with Gasteiger partial charge in [0, 0.05) is 36.9 Å². The van der Waals surface area contributed by atoms with Gasteiger partial charge < -0.3 is 25.5 Å².